The van der Waals surface area contributed by atoms with Crippen LogP contribution in [0.4, 0.5) is 0 Å². The van der Waals surface area contributed by atoms with E-state index in [0.717, 1.165) is 70.0 Å². The first-order chi connectivity index (χ1) is 19.9. The molecule has 0 bridgehead atoms. The average molecular weight is 559 g/mol. The summed E-state index contributed by atoms with van der Waals surface area (Å²) in [6.07, 6.45) is 7.14. The second-order valence-corrected chi connectivity index (χ2v) is 10.0. The van der Waals surface area contributed by atoms with E-state index in [1.165, 1.54) is 26.4 Å². The Balaban J connectivity index is 0.000000226. The molecule has 4 aromatic rings. The molecule has 0 aliphatic heterocycles. The standard InChI is InChI=1S/C18H22O3.C17H20O3/c1-3-4-5-11-21-16-10-9-14-7-6-8-15(17(14)13-16)12-18(19)20-2;1-2-3-4-10-20-15-9-8-13-6-5-7-14(11-17(18)19)16(13)12-15/h6-10,13H,3-5,11-12H2,1-2H3;5-9,12H,2-4,10-11H2,1H3,(H,18,19). The SMILES string of the molecule is CCCCCOc1ccc2cccc(CC(=O)O)c2c1.CCCCCOc1ccc2cccc(CC(=O)OC)c2c1. The summed E-state index contributed by atoms with van der Waals surface area (Å²) < 4.78 is 16.3. The molecule has 41 heavy (non-hydrogen) atoms. The Morgan fingerprint density at radius 2 is 1.15 bits per heavy atom. The number of ether oxygens (including phenoxy) is 3. The van der Waals surface area contributed by atoms with Gasteiger partial charge in [-0.1, -0.05) is 88.1 Å². The zero-order valence-electron chi connectivity index (χ0n) is 24.5. The van der Waals surface area contributed by atoms with Crippen LogP contribution in [0.1, 0.15) is 63.5 Å². The number of carboxylic acids is 1. The minimum atomic E-state index is -0.813. The fraction of sp³-hybridized carbons (Fsp3) is 0.371. The Labute approximate surface area is 243 Å². The Hall–Kier alpha value is -4.06. The number of carboxylic acid groups (broad SMARTS) is 1. The van der Waals surface area contributed by atoms with Crippen molar-refractivity contribution in [2.24, 2.45) is 0 Å². The van der Waals surface area contributed by atoms with Crippen molar-refractivity contribution in [1.29, 1.82) is 0 Å². The third kappa shape index (κ3) is 10.1. The summed E-state index contributed by atoms with van der Waals surface area (Å²) in [6.45, 7) is 5.78. The van der Waals surface area contributed by atoms with Crippen LogP contribution in [0.3, 0.4) is 0 Å². The van der Waals surface area contributed by atoms with Crippen molar-refractivity contribution in [1.82, 2.24) is 0 Å². The van der Waals surface area contributed by atoms with E-state index in [-0.39, 0.29) is 18.8 Å². The van der Waals surface area contributed by atoms with E-state index >= 15 is 0 Å². The van der Waals surface area contributed by atoms with Crippen molar-refractivity contribution in [3.8, 4) is 11.5 Å². The van der Waals surface area contributed by atoms with Crippen LogP contribution in [0.15, 0.2) is 72.8 Å². The van der Waals surface area contributed by atoms with E-state index in [9.17, 15) is 9.59 Å². The lowest BCUT2D eigenvalue weighted by molar-refractivity contribution is -0.140. The van der Waals surface area contributed by atoms with Gasteiger partial charge in [0, 0.05) is 0 Å². The summed E-state index contributed by atoms with van der Waals surface area (Å²) in [4.78, 5) is 22.4. The number of aliphatic carboxylic acids is 1. The predicted molar refractivity (Wildman–Crippen MR) is 165 cm³/mol. The van der Waals surface area contributed by atoms with Gasteiger partial charge in [-0.05, 0) is 69.8 Å². The molecule has 0 saturated carbocycles. The molecule has 0 atom stereocenters. The van der Waals surface area contributed by atoms with Crippen molar-refractivity contribution in [2.45, 2.75) is 65.2 Å². The molecule has 0 radical (unpaired) electrons. The summed E-state index contributed by atoms with van der Waals surface area (Å²) in [6, 6.07) is 23.6. The molecule has 0 spiro atoms. The Kier molecular flexibility index (Phi) is 13.0. The molecule has 0 fully saturated rings. The molecule has 0 unspecified atom stereocenters. The van der Waals surface area contributed by atoms with Gasteiger partial charge in [-0.2, -0.15) is 0 Å². The Morgan fingerprint density at radius 1 is 0.659 bits per heavy atom. The summed E-state index contributed by atoms with van der Waals surface area (Å²) in [5.74, 6) is 0.630. The van der Waals surface area contributed by atoms with Crippen LogP contribution in [-0.2, 0) is 27.2 Å². The first-order valence-electron chi connectivity index (χ1n) is 14.5. The molecule has 218 valence electrons. The number of benzene rings is 4. The highest BCUT2D eigenvalue weighted by molar-refractivity contribution is 5.90. The van der Waals surface area contributed by atoms with Gasteiger partial charge in [0.15, 0.2) is 0 Å². The Morgan fingerprint density at radius 3 is 1.59 bits per heavy atom. The molecule has 6 heteroatoms. The zero-order chi connectivity index (χ0) is 29.5. The van der Waals surface area contributed by atoms with Crippen LogP contribution in [0, 0.1) is 0 Å². The maximum atomic E-state index is 11.5. The number of carbonyl (C=O) groups is 2. The molecular weight excluding hydrogens is 516 g/mol. The monoisotopic (exact) mass is 558 g/mol. The molecule has 4 rings (SSSR count). The largest absolute Gasteiger partial charge is 0.494 e. The zero-order valence-corrected chi connectivity index (χ0v) is 24.5. The number of rotatable bonds is 14. The van der Waals surface area contributed by atoms with Gasteiger partial charge in [0.05, 0.1) is 33.2 Å². The molecule has 0 saturated heterocycles. The van der Waals surface area contributed by atoms with Crippen LogP contribution in [0.25, 0.3) is 21.5 Å². The van der Waals surface area contributed by atoms with Crippen molar-refractivity contribution in [2.75, 3.05) is 20.3 Å². The van der Waals surface area contributed by atoms with Gasteiger partial charge in [0.1, 0.15) is 11.5 Å². The normalized spacial score (nSPS) is 10.6. The number of unbranched alkanes of at least 4 members (excludes halogenated alkanes) is 4. The fourth-order valence-corrected chi connectivity index (χ4v) is 4.60. The predicted octanol–water partition coefficient (Wildman–Crippen LogP) is 8.16. The molecule has 1 N–H and O–H groups in total. The van der Waals surface area contributed by atoms with Gasteiger partial charge in [-0.3, -0.25) is 9.59 Å². The summed E-state index contributed by atoms with van der Waals surface area (Å²) in [5, 5.41) is 13.1. The highest BCUT2D eigenvalue weighted by atomic mass is 16.5. The maximum Gasteiger partial charge on any atom is 0.309 e. The second kappa shape index (κ2) is 16.9. The molecule has 0 aliphatic carbocycles. The number of carbonyl (C=O) groups excluding carboxylic acids is 1. The van der Waals surface area contributed by atoms with Gasteiger partial charge >= 0.3 is 11.9 Å². The van der Waals surface area contributed by atoms with Gasteiger partial charge in [-0.15, -0.1) is 0 Å². The summed E-state index contributed by atoms with van der Waals surface area (Å²) in [7, 11) is 1.41. The topological polar surface area (TPSA) is 82.1 Å². The molecule has 0 aromatic heterocycles. The third-order valence-electron chi connectivity index (χ3n) is 6.83. The average Bonchev–Trinajstić information content (AvgIpc) is 2.98. The molecular formula is C35H42O6. The number of fused-ring (bicyclic) bond motifs is 2. The third-order valence-corrected chi connectivity index (χ3v) is 6.83. The number of hydrogen-bond acceptors (Lipinski definition) is 5. The number of methoxy groups -OCH3 is 1. The van der Waals surface area contributed by atoms with Crippen LogP contribution < -0.4 is 9.47 Å². The van der Waals surface area contributed by atoms with Crippen LogP contribution in [0.2, 0.25) is 0 Å². The molecule has 0 aliphatic rings. The Bertz CT molecular complexity index is 1410. The molecule has 4 aromatic carbocycles. The van der Waals surface area contributed by atoms with E-state index in [0.29, 0.717) is 6.61 Å². The van der Waals surface area contributed by atoms with Gasteiger partial charge in [-0.25, -0.2) is 0 Å². The minimum absolute atomic E-state index is 0.0383. The molecule has 0 heterocycles. The quantitative estimate of drug-likeness (QED) is 0.124. The van der Waals surface area contributed by atoms with Crippen LogP contribution >= 0.6 is 0 Å². The van der Waals surface area contributed by atoms with Crippen LogP contribution in [-0.4, -0.2) is 37.4 Å². The van der Waals surface area contributed by atoms with E-state index in [4.69, 9.17) is 19.3 Å². The smallest absolute Gasteiger partial charge is 0.309 e. The number of esters is 1. The van der Waals surface area contributed by atoms with E-state index in [1.807, 2.05) is 72.8 Å². The highest BCUT2D eigenvalue weighted by Gasteiger charge is 2.09. The van der Waals surface area contributed by atoms with E-state index in [2.05, 4.69) is 13.8 Å². The van der Waals surface area contributed by atoms with Crippen molar-refractivity contribution < 1.29 is 28.9 Å². The second-order valence-electron chi connectivity index (χ2n) is 10.0. The van der Waals surface area contributed by atoms with Gasteiger partial charge < -0.3 is 19.3 Å². The fourth-order valence-electron chi connectivity index (χ4n) is 4.60. The lowest BCUT2D eigenvalue weighted by Crippen LogP contribution is -2.05. The lowest BCUT2D eigenvalue weighted by Gasteiger charge is -2.09. The van der Waals surface area contributed by atoms with Gasteiger partial charge in [0.2, 0.25) is 0 Å². The lowest BCUT2D eigenvalue weighted by atomic mass is 10.0. The van der Waals surface area contributed by atoms with E-state index < -0.39 is 5.97 Å². The minimum Gasteiger partial charge on any atom is -0.494 e. The molecule has 6 nitrogen and oxygen atoms in total. The van der Waals surface area contributed by atoms with Crippen molar-refractivity contribution >= 4 is 33.5 Å². The number of hydrogen-bond donors (Lipinski definition) is 1. The molecule has 0 amide bonds. The highest BCUT2D eigenvalue weighted by Crippen LogP contribution is 2.26. The van der Waals surface area contributed by atoms with Crippen molar-refractivity contribution in [3.05, 3.63) is 83.9 Å². The summed E-state index contributed by atoms with van der Waals surface area (Å²) >= 11 is 0. The first-order valence-corrected chi connectivity index (χ1v) is 14.5. The van der Waals surface area contributed by atoms with Crippen molar-refractivity contribution in [3.63, 3.8) is 0 Å². The van der Waals surface area contributed by atoms with Gasteiger partial charge in [0.25, 0.3) is 0 Å². The van der Waals surface area contributed by atoms with Crippen LogP contribution in [0.5, 0.6) is 11.5 Å². The first kappa shape index (κ1) is 31.5. The van der Waals surface area contributed by atoms with E-state index in [1.54, 1.807) is 0 Å². The maximum absolute atomic E-state index is 11.5. The summed E-state index contributed by atoms with van der Waals surface area (Å²) in [5.41, 5.74) is 1.80.